The third-order valence-corrected chi connectivity index (χ3v) is 5.21. The molecule has 1 aliphatic carbocycles. The summed E-state index contributed by atoms with van der Waals surface area (Å²) in [6.45, 7) is 14.5. The minimum Gasteiger partial charge on any atom is -0.103 e. The molecule has 1 atom stereocenters. The van der Waals surface area contributed by atoms with Crippen molar-refractivity contribution < 1.29 is 0 Å². The second-order valence-electron chi connectivity index (χ2n) is 7.14. The minimum absolute atomic E-state index is 0.668. The summed E-state index contributed by atoms with van der Waals surface area (Å²) in [5.41, 5.74) is 2.41. The van der Waals surface area contributed by atoms with Crippen molar-refractivity contribution in [3.05, 3.63) is 48.6 Å². The fourth-order valence-corrected chi connectivity index (χ4v) is 3.30. The van der Waals surface area contributed by atoms with E-state index in [1.54, 1.807) is 0 Å². The highest BCUT2D eigenvalue weighted by molar-refractivity contribution is 5.27. The van der Waals surface area contributed by atoms with Gasteiger partial charge in [0.1, 0.15) is 0 Å². The van der Waals surface area contributed by atoms with Crippen LogP contribution in [-0.4, -0.2) is 0 Å². The van der Waals surface area contributed by atoms with Crippen molar-refractivity contribution in [1.29, 1.82) is 0 Å². The number of allylic oxidation sites excluding steroid dienone is 6. The highest BCUT2D eigenvalue weighted by atomic mass is 14.4. The summed E-state index contributed by atoms with van der Waals surface area (Å²) >= 11 is 0. The molecule has 1 rings (SSSR count). The summed E-state index contributed by atoms with van der Waals surface area (Å²) < 4.78 is 0. The van der Waals surface area contributed by atoms with E-state index >= 15 is 0 Å². The van der Waals surface area contributed by atoms with Crippen LogP contribution in [0.25, 0.3) is 0 Å². The normalized spacial score (nSPS) is 23.3. The fraction of sp³-hybridized carbons (Fsp3) is 0.636. The first-order valence-electron chi connectivity index (χ1n) is 9.20. The Morgan fingerprint density at radius 2 is 1.91 bits per heavy atom. The smallest absolute Gasteiger partial charge is 0.0173 e. The molecule has 1 saturated carbocycles. The SMILES string of the molecule is C=CC(C/C=C/C=C(/C)C(=C)C)C1CC(CCCCCC)C1. The van der Waals surface area contributed by atoms with Gasteiger partial charge in [0, 0.05) is 0 Å². The first-order chi connectivity index (χ1) is 10.6. The number of hydrogen-bond donors (Lipinski definition) is 0. The molecular weight excluding hydrogens is 264 g/mol. The van der Waals surface area contributed by atoms with E-state index in [1.807, 2.05) is 0 Å². The summed E-state index contributed by atoms with van der Waals surface area (Å²) in [7, 11) is 0. The lowest BCUT2D eigenvalue weighted by Crippen LogP contribution is -2.29. The maximum absolute atomic E-state index is 4.05. The second kappa shape index (κ2) is 10.6. The molecule has 22 heavy (non-hydrogen) atoms. The molecule has 0 nitrogen and oxygen atoms in total. The fourth-order valence-electron chi connectivity index (χ4n) is 3.30. The topological polar surface area (TPSA) is 0 Å². The van der Waals surface area contributed by atoms with E-state index in [0.29, 0.717) is 5.92 Å². The maximum Gasteiger partial charge on any atom is -0.0173 e. The molecule has 1 unspecified atom stereocenters. The molecule has 0 aromatic rings. The van der Waals surface area contributed by atoms with Gasteiger partial charge in [-0.05, 0) is 56.4 Å². The molecule has 0 amide bonds. The Kier molecular flexibility index (Phi) is 9.20. The van der Waals surface area contributed by atoms with Gasteiger partial charge in [-0.15, -0.1) is 6.58 Å². The zero-order valence-electron chi connectivity index (χ0n) is 15.1. The molecule has 0 aromatic heterocycles. The Hall–Kier alpha value is -1.04. The number of unbranched alkanes of at least 4 members (excludes halogenated alkanes) is 3. The van der Waals surface area contributed by atoms with E-state index in [0.717, 1.165) is 23.8 Å². The van der Waals surface area contributed by atoms with Crippen LogP contribution in [0.3, 0.4) is 0 Å². The van der Waals surface area contributed by atoms with Gasteiger partial charge in [-0.2, -0.15) is 0 Å². The Balaban J connectivity index is 2.24. The molecule has 0 aliphatic heterocycles. The van der Waals surface area contributed by atoms with Crippen molar-refractivity contribution in [2.45, 2.75) is 72.1 Å². The Bertz CT molecular complexity index is 390. The van der Waals surface area contributed by atoms with Gasteiger partial charge in [-0.1, -0.05) is 75.5 Å². The van der Waals surface area contributed by atoms with Gasteiger partial charge in [-0.25, -0.2) is 0 Å². The van der Waals surface area contributed by atoms with Crippen LogP contribution in [0.4, 0.5) is 0 Å². The van der Waals surface area contributed by atoms with Gasteiger partial charge in [-0.3, -0.25) is 0 Å². The van der Waals surface area contributed by atoms with E-state index in [9.17, 15) is 0 Å². The molecule has 0 heterocycles. The van der Waals surface area contributed by atoms with Crippen molar-refractivity contribution >= 4 is 0 Å². The van der Waals surface area contributed by atoms with Crippen molar-refractivity contribution in [3.8, 4) is 0 Å². The average Bonchev–Trinajstić information content (AvgIpc) is 2.46. The van der Waals surface area contributed by atoms with Crippen LogP contribution in [0.15, 0.2) is 48.6 Å². The monoisotopic (exact) mass is 300 g/mol. The largest absolute Gasteiger partial charge is 0.103 e. The highest BCUT2D eigenvalue weighted by Gasteiger charge is 2.32. The standard InChI is InChI=1S/C22H36/c1-6-8-9-10-14-20-16-22(17-20)21(7-2)15-12-11-13-19(5)18(3)4/h7,11-13,20-22H,2-3,6,8-10,14-17H2,1,4-5H3/b12-11+,19-13-. The average molecular weight is 301 g/mol. The summed E-state index contributed by atoms with van der Waals surface area (Å²) in [5.74, 6) is 2.55. The molecule has 0 N–H and O–H groups in total. The maximum atomic E-state index is 4.05. The minimum atomic E-state index is 0.668. The molecule has 0 spiro atoms. The molecule has 1 fully saturated rings. The van der Waals surface area contributed by atoms with Crippen molar-refractivity contribution in [2.24, 2.45) is 17.8 Å². The van der Waals surface area contributed by atoms with E-state index in [-0.39, 0.29) is 0 Å². The lowest BCUT2D eigenvalue weighted by atomic mass is 9.66. The Morgan fingerprint density at radius 1 is 1.18 bits per heavy atom. The van der Waals surface area contributed by atoms with Gasteiger partial charge in [0.05, 0.1) is 0 Å². The quantitative estimate of drug-likeness (QED) is 0.214. The molecule has 0 bridgehead atoms. The van der Waals surface area contributed by atoms with Crippen molar-refractivity contribution in [1.82, 2.24) is 0 Å². The van der Waals surface area contributed by atoms with Crippen LogP contribution in [0, 0.1) is 17.8 Å². The predicted octanol–water partition coefficient (Wildman–Crippen LogP) is 7.25. The first kappa shape index (κ1) is 19.0. The number of hydrogen-bond acceptors (Lipinski definition) is 0. The molecule has 124 valence electrons. The lowest BCUT2D eigenvalue weighted by Gasteiger charge is -2.39. The Morgan fingerprint density at radius 3 is 2.50 bits per heavy atom. The van der Waals surface area contributed by atoms with E-state index in [2.05, 4.69) is 58.2 Å². The molecule has 0 aromatic carbocycles. The third-order valence-electron chi connectivity index (χ3n) is 5.21. The molecule has 0 heteroatoms. The first-order valence-corrected chi connectivity index (χ1v) is 9.20. The summed E-state index contributed by atoms with van der Waals surface area (Å²) in [5, 5.41) is 0. The second-order valence-corrected chi connectivity index (χ2v) is 7.14. The molecular formula is C22H36. The molecule has 1 aliphatic rings. The van der Waals surface area contributed by atoms with Crippen LogP contribution in [-0.2, 0) is 0 Å². The van der Waals surface area contributed by atoms with E-state index in [1.165, 1.54) is 50.5 Å². The predicted molar refractivity (Wildman–Crippen MR) is 101 cm³/mol. The van der Waals surface area contributed by atoms with Crippen molar-refractivity contribution in [2.75, 3.05) is 0 Å². The lowest BCUT2D eigenvalue weighted by molar-refractivity contribution is 0.136. The zero-order chi connectivity index (χ0) is 16.4. The zero-order valence-corrected chi connectivity index (χ0v) is 15.1. The van der Waals surface area contributed by atoms with E-state index in [4.69, 9.17) is 0 Å². The van der Waals surface area contributed by atoms with Crippen LogP contribution < -0.4 is 0 Å². The third kappa shape index (κ3) is 6.81. The highest BCUT2D eigenvalue weighted by Crippen LogP contribution is 2.43. The van der Waals surface area contributed by atoms with Gasteiger partial charge < -0.3 is 0 Å². The van der Waals surface area contributed by atoms with Crippen LogP contribution in [0.5, 0.6) is 0 Å². The molecule has 0 saturated heterocycles. The van der Waals surface area contributed by atoms with Crippen LogP contribution in [0.1, 0.15) is 72.1 Å². The van der Waals surface area contributed by atoms with Gasteiger partial charge in [0.2, 0.25) is 0 Å². The van der Waals surface area contributed by atoms with Crippen LogP contribution >= 0.6 is 0 Å². The summed E-state index contributed by atoms with van der Waals surface area (Å²) in [6.07, 6.45) is 19.9. The van der Waals surface area contributed by atoms with Gasteiger partial charge in [0.15, 0.2) is 0 Å². The molecule has 0 radical (unpaired) electrons. The Labute approximate surface area is 139 Å². The van der Waals surface area contributed by atoms with Gasteiger partial charge >= 0.3 is 0 Å². The van der Waals surface area contributed by atoms with Gasteiger partial charge in [0.25, 0.3) is 0 Å². The summed E-state index contributed by atoms with van der Waals surface area (Å²) in [6, 6.07) is 0. The van der Waals surface area contributed by atoms with Crippen LogP contribution in [0.2, 0.25) is 0 Å². The van der Waals surface area contributed by atoms with E-state index < -0.39 is 0 Å². The van der Waals surface area contributed by atoms with Crippen molar-refractivity contribution in [3.63, 3.8) is 0 Å². The number of rotatable bonds is 11. The summed E-state index contributed by atoms with van der Waals surface area (Å²) in [4.78, 5) is 0.